The number of carboxylic acids is 1. The molecule has 0 radical (unpaired) electrons. The number of rotatable bonds is 7. The number of aromatic carboxylic acids is 1. The van der Waals surface area contributed by atoms with Crippen molar-refractivity contribution in [3.63, 3.8) is 0 Å². The maximum atomic E-state index is 11.1. The van der Waals surface area contributed by atoms with Crippen LogP contribution < -0.4 is 4.74 Å². The number of nitrogens with one attached hydrogen (secondary N) is 1. The standard InChI is InChI=1S/C16H15N3O4S/c1-2-22-11-6-4-3-5-10(11)14(24-16-17-9-18-19-16)12-7-8-13(23-12)15(20)21/h3-9,14H,2H2,1H3,(H,20,21)(H,17,18,19). The van der Waals surface area contributed by atoms with Crippen molar-refractivity contribution in [2.45, 2.75) is 17.3 Å². The van der Waals surface area contributed by atoms with Gasteiger partial charge in [0.2, 0.25) is 5.76 Å². The van der Waals surface area contributed by atoms with Crippen molar-refractivity contribution in [1.82, 2.24) is 15.2 Å². The minimum absolute atomic E-state index is 0.109. The summed E-state index contributed by atoms with van der Waals surface area (Å²) in [5.41, 5.74) is 0.868. The summed E-state index contributed by atoms with van der Waals surface area (Å²) in [5, 5.41) is 16.0. The van der Waals surface area contributed by atoms with E-state index in [4.69, 9.17) is 14.3 Å². The molecule has 2 N–H and O–H groups in total. The van der Waals surface area contributed by atoms with Gasteiger partial charge in [-0.15, -0.1) is 0 Å². The van der Waals surface area contributed by atoms with E-state index in [1.54, 1.807) is 6.07 Å². The van der Waals surface area contributed by atoms with E-state index < -0.39 is 5.97 Å². The largest absolute Gasteiger partial charge is 0.494 e. The fraction of sp³-hybridized carbons (Fsp3) is 0.188. The van der Waals surface area contributed by atoms with Crippen LogP contribution in [0.1, 0.15) is 34.1 Å². The van der Waals surface area contributed by atoms with Crippen molar-refractivity contribution in [1.29, 1.82) is 0 Å². The zero-order valence-electron chi connectivity index (χ0n) is 12.8. The molecule has 1 aromatic carbocycles. The van der Waals surface area contributed by atoms with E-state index in [0.29, 0.717) is 23.3 Å². The molecule has 7 nitrogen and oxygen atoms in total. The maximum Gasteiger partial charge on any atom is 0.371 e. The number of H-pyrrole nitrogens is 1. The highest BCUT2D eigenvalue weighted by atomic mass is 32.2. The van der Waals surface area contributed by atoms with Gasteiger partial charge in [0.05, 0.1) is 11.9 Å². The second kappa shape index (κ2) is 7.22. The van der Waals surface area contributed by atoms with Gasteiger partial charge in [0, 0.05) is 5.56 Å². The third-order valence-electron chi connectivity index (χ3n) is 3.22. The predicted molar refractivity (Wildman–Crippen MR) is 87.4 cm³/mol. The summed E-state index contributed by atoms with van der Waals surface area (Å²) in [6.45, 7) is 2.43. The van der Waals surface area contributed by atoms with Crippen LogP contribution in [-0.4, -0.2) is 32.9 Å². The molecule has 0 saturated heterocycles. The number of furan rings is 1. The van der Waals surface area contributed by atoms with Crippen molar-refractivity contribution in [3.8, 4) is 5.75 Å². The number of para-hydroxylation sites is 1. The van der Waals surface area contributed by atoms with E-state index >= 15 is 0 Å². The molecule has 0 spiro atoms. The van der Waals surface area contributed by atoms with Gasteiger partial charge in [-0.25, -0.2) is 9.78 Å². The summed E-state index contributed by atoms with van der Waals surface area (Å²) < 4.78 is 11.2. The first-order valence-electron chi connectivity index (χ1n) is 7.25. The molecule has 124 valence electrons. The van der Waals surface area contributed by atoms with Crippen molar-refractivity contribution in [3.05, 3.63) is 59.8 Å². The van der Waals surface area contributed by atoms with Gasteiger partial charge in [-0.1, -0.05) is 30.0 Å². The average Bonchev–Trinajstić information content (AvgIpc) is 3.25. The topological polar surface area (TPSA) is 101 Å². The quantitative estimate of drug-likeness (QED) is 0.633. The van der Waals surface area contributed by atoms with Gasteiger partial charge in [0.25, 0.3) is 0 Å². The molecule has 0 saturated carbocycles. The minimum atomic E-state index is -1.11. The number of ether oxygens (including phenoxy) is 1. The van der Waals surface area contributed by atoms with Gasteiger partial charge in [0.15, 0.2) is 5.16 Å². The van der Waals surface area contributed by atoms with Crippen LogP contribution in [0.2, 0.25) is 0 Å². The molecular formula is C16H15N3O4S. The van der Waals surface area contributed by atoms with Gasteiger partial charge in [-0.3, -0.25) is 5.10 Å². The molecule has 24 heavy (non-hydrogen) atoms. The number of thioether (sulfide) groups is 1. The second-order valence-corrected chi connectivity index (χ2v) is 5.86. The maximum absolute atomic E-state index is 11.1. The number of nitrogens with zero attached hydrogens (tertiary/aromatic N) is 2. The molecule has 0 amide bonds. The third-order valence-corrected chi connectivity index (χ3v) is 4.36. The highest BCUT2D eigenvalue weighted by Gasteiger charge is 2.25. The molecule has 0 aliphatic carbocycles. The number of aromatic nitrogens is 3. The van der Waals surface area contributed by atoms with Gasteiger partial charge in [0.1, 0.15) is 17.8 Å². The number of hydrogen-bond acceptors (Lipinski definition) is 6. The lowest BCUT2D eigenvalue weighted by Crippen LogP contribution is -2.02. The minimum Gasteiger partial charge on any atom is -0.494 e. The van der Waals surface area contributed by atoms with Crippen molar-refractivity contribution in [2.24, 2.45) is 0 Å². The number of carbonyl (C=O) groups is 1. The number of benzene rings is 1. The van der Waals surface area contributed by atoms with Crippen LogP contribution in [0.25, 0.3) is 0 Å². The van der Waals surface area contributed by atoms with Crippen LogP contribution in [0.15, 0.2) is 52.3 Å². The number of hydrogen-bond donors (Lipinski definition) is 2. The van der Waals surface area contributed by atoms with Gasteiger partial charge in [-0.05, 0) is 25.1 Å². The van der Waals surface area contributed by atoms with Crippen LogP contribution in [0.5, 0.6) is 5.75 Å². The van der Waals surface area contributed by atoms with Gasteiger partial charge in [-0.2, -0.15) is 5.10 Å². The highest BCUT2D eigenvalue weighted by molar-refractivity contribution is 7.99. The van der Waals surface area contributed by atoms with Crippen LogP contribution in [0.3, 0.4) is 0 Å². The summed E-state index contributed by atoms with van der Waals surface area (Å²) in [7, 11) is 0. The third kappa shape index (κ3) is 3.43. The second-order valence-electron chi connectivity index (χ2n) is 4.77. The zero-order valence-corrected chi connectivity index (χ0v) is 13.6. The molecule has 2 aromatic heterocycles. The molecule has 3 rings (SSSR count). The Hall–Kier alpha value is -2.74. The lowest BCUT2D eigenvalue weighted by molar-refractivity contribution is 0.0660. The summed E-state index contributed by atoms with van der Waals surface area (Å²) in [5.74, 6) is -0.00365. The molecule has 0 aliphatic heterocycles. The first-order chi connectivity index (χ1) is 11.7. The summed E-state index contributed by atoms with van der Waals surface area (Å²) in [6.07, 6.45) is 1.42. The number of carboxylic acid groups (broad SMARTS) is 1. The average molecular weight is 345 g/mol. The van der Waals surface area contributed by atoms with Crippen LogP contribution in [-0.2, 0) is 0 Å². The van der Waals surface area contributed by atoms with Gasteiger partial charge >= 0.3 is 5.97 Å². The molecule has 3 aromatic rings. The molecule has 0 aliphatic rings. The van der Waals surface area contributed by atoms with Crippen molar-refractivity contribution in [2.75, 3.05) is 6.61 Å². The van der Waals surface area contributed by atoms with Crippen LogP contribution in [0, 0.1) is 0 Å². The molecule has 0 fully saturated rings. The molecule has 0 bridgehead atoms. The SMILES string of the molecule is CCOc1ccccc1C(Sc1ncn[nH]1)c1ccc(C(=O)O)o1. The van der Waals surface area contributed by atoms with E-state index in [-0.39, 0.29) is 11.0 Å². The van der Waals surface area contributed by atoms with Gasteiger partial charge < -0.3 is 14.3 Å². The van der Waals surface area contributed by atoms with Crippen molar-refractivity contribution >= 4 is 17.7 Å². The Kier molecular flexibility index (Phi) is 4.85. The molecular weight excluding hydrogens is 330 g/mol. The summed E-state index contributed by atoms with van der Waals surface area (Å²) in [4.78, 5) is 15.2. The Morgan fingerprint density at radius 3 is 2.88 bits per heavy atom. The predicted octanol–water partition coefficient (Wildman–Crippen LogP) is 3.38. The Balaban J connectivity index is 2.02. The van der Waals surface area contributed by atoms with E-state index in [2.05, 4.69) is 15.2 Å². The van der Waals surface area contributed by atoms with Crippen LogP contribution in [0.4, 0.5) is 0 Å². The van der Waals surface area contributed by atoms with E-state index in [1.807, 2.05) is 31.2 Å². The summed E-state index contributed by atoms with van der Waals surface area (Å²) >= 11 is 1.37. The van der Waals surface area contributed by atoms with E-state index in [9.17, 15) is 4.79 Å². The van der Waals surface area contributed by atoms with Crippen molar-refractivity contribution < 1.29 is 19.1 Å². The summed E-state index contributed by atoms with van der Waals surface area (Å²) in [6, 6.07) is 10.7. The lowest BCUT2D eigenvalue weighted by Gasteiger charge is -2.17. The normalized spacial score (nSPS) is 12.0. The van der Waals surface area contributed by atoms with E-state index in [0.717, 1.165) is 5.56 Å². The lowest BCUT2D eigenvalue weighted by atomic mass is 10.1. The van der Waals surface area contributed by atoms with E-state index in [1.165, 1.54) is 24.2 Å². The Morgan fingerprint density at radius 2 is 2.21 bits per heavy atom. The molecule has 1 atom stereocenters. The first kappa shape index (κ1) is 16.1. The fourth-order valence-corrected chi connectivity index (χ4v) is 3.23. The molecule has 1 unspecified atom stereocenters. The zero-order chi connectivity index (χ0) is 16.9. The Morgan fingerprint density at radius 1 is 1.38 bits per heavy atom. The highest BCUT2D eigenvalue weighted by Crippen LogP contribution is 2.43. The molecule has 2 heterocycles. The fourth-order valence-electron chi connectivity index (χ4n) is 2.23. The monoisotopic (exact) mass is 345 g/mol. The smallest absolute Gasteiger partial charge is 0.371 e. The Labute approximate surface area is 142 Å². The Bertz CT molecular complexity index is 816. The molecule has 8 heteroatoms. The number of aromatic amines is 1. The first-order valence-corrected chi connectivity index (χ1v) is 8.13. The van der Waals surface area contributed by atoms with Crippen LogP contribution >= 0.6 is 11.8 Å².